The van der Waals surface area contributed by atoms with Gasteiger partial charge in [0.2, 0.25) is 0 Å². The molecule has 2 aromatic rings. The van der Waals surface area contributed by atoms with Crippen LogP contribution in [0.2, 0.25) is 0 Å². The first-order chi connectivity index (χ1) is 23.0. The minimum Gasteiger partial charge on any atom is -0.507 e. The third-order valence-electron chi connectivity index (χ3n) is 10.5. The fraction of sp³-hybridized carbons (Fsp3) is 0.545. The van der Waals surface area contributed by atoms with Gasteiger partial charge < -0.3 is 19.7 Å². The second kappa shape index (κ2) is 17.8. The van der Waals surface area contributed by atoms with Gasteiger partial charge in [-0.2, -0.15) is 0 Å². The standard InChI is InChI=1S/C44H62O4/c1-9-11-13-15-33-25-39(45)43(37-23-31(7)17-19-35(37)29(3)4)41(27-33)47-21-22-48-42-28-34(16-14-12-10-2)26-40(46)44(42)38-24-32(8)18-20-36(38)30(5)6/h23-28,35-38,45-46H,3,5,9-22H2,1-2,4,6-8H3/t35-,36-,37+,38+/m0/s1. The Balaban J connectivity index is 1.64. The number of phenolic OH excluding ortho intramolecular Hbond substituents is 2. The van der Waals surface area contributed by atoms with E-state index < -0.39 is 0 Å². The molecule has 262 valence electrons. The van der Waals surface area contributed by atoms with Crippen LogP contribution in [-0.2, 0) is 12.8 Å². The van der Waals surface area contributed by atoms with E-state index in [0.29, 0.717) is 24.7 Å². The lowest BCUT2D eigenvalue weighted by molar-refractivity contribution is 0.211. The van der Waals surface area contributed by atoms with Gasteiger partial charge in [0, 0.05) is 23.0 Å². The zero-order chi connectivity index (χ0) is 34.8. The molecular weight excluding hydrogens is 592 g/mol. The van der Waals surface area contributed by atoms with Gasteiger partial charge >= 0.3 is 0 Å². The van der Waals surface area contributed by atoms with E-state index in [-0.39, 0.29) is 23.7 Å². The summed E-state index contributed by atoms with van der Waals surface area (Å²) in [6.07, 6.45) is 17.3. The van der Waals surface area contributed by atoms with Crippen LogP contribution in [0.5, 0.6) is 23.0 Å². The summed E-state index contributed by atoms with van der Waals surface area (Å²) in [6.45, 7) is 22.3. The van der Waals surface area contributed by atoms with E-state index in [9.17, 15) is 10.2 Å². The van der Waals surface area contributed by atoms with Gasteiger partial charge in [0.05, 0.1) is 0 Å². The van der Waals surface area contributed by atoms with Crippen molar-refractivity contribution in [2.75, 3.05) is 13.2 Å². The number of phenols is 2. The highest BCUT2D eigenvalue weighted by molar-refractivity contribution is 5.54. The maximum atomic E-state index is 11.5. The van der Waals surface area contributed by atoms with Crippen LogP contribution >= 0.6 is 0 Å². The van der Waals surface area contributed by atoms with E-state index >= 15 is 0 Å². The highest BCUT2D eigenvalue weighted by Gasteiger charge is 2.32. The first kappa shape index (κ1) is 37.4. The van der Waals surface area contributed by atoms with Crippen LogP contribution in [-0.4, -0.2) is 23.4 Å². The van der Waals surface area contributed by atoms with Gasteiger partial charge in [0.25, 0.3) is 0 Å². The lowest BCUT2D eigenvalue weighted by Gasteiger charge is -2.32. The zero-order valence-corrected chi connectivity index (χ0v) is 30.8. The second-order valence-corrected chi connectivity index (χ2v) is 14.7. The summed E-state index contributed by atoms with van der Waals surface area (Å²) in [6, 6.07) is 8.16. The van der Waals surface area contributed by atoms with E-state index in [1.165, 1.54) is 11.1 Å². The summed E-state index contributed by atoms with van der Waals surface area (Å²) in [4.78, 5) is 0. The summed E-state index contributed by atoms with van der Waals surface area (Å²) >= 11 is 0. The molecule has 2 aromatic carbocycles. The summed E-state index contributed by atoms with van der Waals surface area (Å²) in [5, 5.41) is 23.0. The molecule has 2 aliphatic rings. The number of aryl methyl sites for hydroxylation is 2. The fourth-order valence-corrected chi connectivity index (χ4v) is 7.81. The Morgan fingerprint density at radius 2 is 1.06 bits per heavy atom. The SMILES string of the molecule is C=C(C)[C@@H]1CCC(C)=C[C@H]1c1c(O)cc(CCCCC)cc1OCCOc1cc(CCCCC)cc(O)c1[C@@H]1C=C(C)CC[C@H]1C(=C)C. The van der Waals surface area contributed by atoms with Crippen molar-refractivity contribution in [3.63, 3.8) is 0 Å². The molecule has 0 aliphatic heterocycles. The first-order valence-electron chi connectivity index (χ1n) is 18.7. The normalized spacial score (nSPS) is 21.0. The molecule has 4 rings (SSSR count). The molecule has 4 atom stereocenters. The van der Waals surface area contributed by atoms with E-state index in [1.807, 2.05) is 12.1 Å². The summed E-state index contributed by atoms with van der Waals surface area (Å²) < 4.78 is 13.1. The third kappa shape index (κ3) is 9.61. The molecule has 0 fully saturated rings. The van der Waals surface area contributed by atoms with Gasteiger partial charge in [0.1, 0.15) is 36.2 Å². The molecule has 4 nitrogen and oxygen atoms in total. The number of hydrogen-bond donors (Lipinski definition) is 2. The van der Waals surface area contributed by atoms with Crippen LogP contribution in [0.3, 0.4) is 0 Å². The van der Waals surface area contributed by atoms with Crippen molar-refractivity contribution in [1.82, 2.24) is 0 Å². The lowest BCUT2D eigenvalue weighted by Crippen LogP contribution is -2.20. The number of aromatic hydroxyl groups is 2. The lowest BCUT2D eigenvalue weighted by atomic mass is 9.73. The van der Waals surface area contributed by atoms with Gasteiger partial charge in [-0.05, 0) is 126 Å². The average Bonchev–Trinajstić information content (AvgIpc) is 3.02. The number of unbranched alkanes of at least 4 members (excludes halogenated alkanes) is 4. The highest BCUT2D eigenvalue weighted by Crippen LogP contribution is 2.48. The average molecular weight is 655 g/mol. The number of hydrogen-bond acceptors (Lipinski definition) is 4. The molecule has 0 saturated carbocycles. The summed E-state index contributed by atoms with van der Waals surface area (Å²) in [5.41, 5.74) is 8.84. The molecule has 0 radical (unpaired) electrons. The molecule has 2 aliphatic carbocycles. The molecule has 0 bridgehead atoms. The zero-order valence-electron chi connectivity index (χ0n) is 30.8. The van der Waals surface area contributed by atoms with Crippen molar-refractivity contribution in [2.45, 2.75) is 130 Å². The maximum Gasteiger partial charge on any atom is 0.127 e. The number of benzene rings is 2. The van der Waals surface area contributed by atoms with Crippen LogP contribution in [0.15, 0.2) is 71.9 Å². The Bertz CT molecular complexity index is 1370. The van der Waals surface area contributed by atoms with E-state index in [2.05, 4.69) is 79.0 Å². The van der Waals surface area contributed by atoms with Crippen LogP contribution in [0.25, 0.3) is 0 Å². The number of ether oxygens (including phenoxy) is 2. The Hall–Kier alpha value is -3.40. The predicted molar refractivity (Wildman–Crippen MR) is 202 cm³/mol. The number of allylic oxidation sites excluding steroid dienone is 6. The van der Waals surface area contributed by atoms with Crippen molar-refractivity contribution in [1.29, 1.82) is 0 Å². The predicted octanol–water partition coefficient (Wildman–Crippen LogP) is 12.1. The highest BCUT2D eigenvalue weighted by atomic mass is 16.5. The van der Waals surface area contributed by atoms with E-state index in [1.54, 1.807) is 0 Å². The van der Waals surface area contributed by atoms with Crippen molar-refractivity contribution in [3.8, 4) is 23.0 Å². The van der Waals surface area contributed by atoms with Crippen molar-refractivity contribution < 1.29 is 19.7 Å². The van der Waals surface area contributed by atoms with E-state index in [4.69, 9.17) is 9.47 Å². The second-order valence-electron chi connectivity index (χ2n) is 14.7. The third-order valence-corrected chi connectivity index (χ3v) is 10.5. The quantitative estimate of drug-likeness (QED) is 0.132. The van der Waals surface area contributed by atoms with Crippen molar-refractivity contribution in [2.24, 2.45) is 11.8 Å². The van der Waals surface area contributed by atoms with Crippen LogP contribution in [0.1, 0.15) is 140 Å². The Labute approximate surface area is 291 Å². The molecule has 2 N–H and O–H groups in total. The van der Waals surface area contributed by atoms with Gasteiger partial charge in [-0.15, -0.1) is 0 Å². The van der Waals surface area contributed by atoms with Crippen LogP contribution < -0.4 is 9.47 Å². The van der Waals surface area contributed by atoms with Crippen LogP contribution in [0, 0.1) is 11.8 Å². The van der Waals surface area contributed by atoms with Crippen molar-refractivity contribution in [3.05, 3.63) is 94.1 Å². The summed E-state index contributed by atoms with van der Waals surface area (Å²) in [5.74, 6) is 2.60. The Morgan fingerprint density at radius 1 is 0.667 bits per heavy atom. The minimum absolute atomic E-state index is 0.0145. The molecule has 0 spiro atoms. The minimum atomic E-state index is 0.0145. The van der Waals surface area contributed by atoms with Gasteiger partial charge in [0.15, 0.2) is 0 Å². The Morgan fingerprint density at radius 3 is 1.42 bits per heavy atom. The molecule has 0 saturated heterocycles. The summed E-state index contributed by atoms with van der Waals surface area (Å²) in [7, 11) is 0. The molecule has 0 unspecified atom stereocenters. The largest absolute Gasteiger partial charge is 0.507 e. The molecular formula is C44H62O4. The first-order valence-corrected chi connectivity index (χ1v) is 18.7. The topological polar surface area (TPSA) is 58.9 Å². The smallest absolute Gasteiger partial charge is 0.127 e. The molecule has 4 heteroatoms. The van der Waals surface area contributed by atoms with Gasteiger partial charge in [-0.3, -0.25) is 0 Å². The maximum absolute atomic E-state index is 11.5. The Kier molecular flexibility index (Phi) is 13.9. The molecule has 0 aromatic heterocycles. The monoisotopic (exact) mass is 654 g/mol. The molecule has 0 amide bonds. The van der Waals surface area contributed by atoms with Gasteiger partial charge in [-0.25, -0.2) is 0 Å². The fourth-order valence-electron chi connectivity index (χ4n) is 7.81. The van der Waals surface area contributed by atoms with Crippen molar-refractivity contribution >= 4 is 0 Å². The van der Waals surface area contributed by atoms with E-state index in [0.717, 1.165) is 122 Å². The molecule has 0 heterocycles. The van der Waals surface area contributed by atoms with Crippen LogP contribution in [0.4, 0.5) is 0 Å². The molecule has 48 heavy (non-hydrogen) atoms. The number of rotatable bonds is 17. The van der Waals surface area contributed by atoms with Gasteiger partial charge in [-0.1, -0.05) is 87.1 Å².